The SMILES string of the molecule is COC(=O)c1ccc2c(c1)N(Cc1ccccn1)C(=O)C(C)O2. The maximum atomic E-state index is 12.5. The molecule has 1 unspecified atom stereocenters. The van der Waals surface area contributed by atoms with Gasteiger partial charge in [0.25, 0.3) is 5.91 Å². The van der Waals surface area contributed by atoms with Crippen molar-refractivity contribution in [3.05, 3.63) is 53.9 Å². The minimum atomic E-state index is -0.588. The molecule has 118 valence electrons. The number of anilines is 1. The number of hydrogen-bond acceptors (Lipinski definition) is 5. The van der Waals surface area contributed by atoms with E-state index in [0.29, 0.717) is 23.5 Å². The third-order valence-corrected chi connectivity index (χ3v) is 3.63. The summed E-state index contributed by atoms with van der Waals surface area (Å²) in [7, 11) is 1.32. The summed E-state index contributed by atoms with van der Waals surface area (Å²) in [5.74, 6) is -0.0810. The van der Waals surface area contributed by atoms with E-state index in [-0.39, 0.29) is 5.91 Å². The zero-order valence-electron chi connectivity index (χ0n) is 12.9. The van der Waals surface area contributed by atoms with E-state index in [2.05, 4.69) is 4.98 Å². The predicted octanol–water partition coefficient (Wildman–Crippen LogP) is 2.18. The van der Waals surface area contributed by atoms with E-state index in [1.54, 1.807) is 36.2 Å². The molecule has 0 aliphatic carbocycles. The van der Waals surface area contributed by atoms with Crippen molar-refractivity contribution in [3.63, 3.8) is 0 Å². The molecule has 1 atom stereocenters. The molecule has 2 heterocycles. The number of fused-ring (bicyclic) bond motifs is 1. The van der Waals surface area contributed by atoms with E-state index in [0.717, 1.165) is 5.69 Å². The fourth-order valence-corrected chi connectivity index (χ4v) is 2.47. The molecule has 0 bridgehead atoms. The van der Waals surface area contributed by atoms with Crippen molar-refractivity contribution in [2.24, 2.45) is 0 Å². The van der Waals surface area contributed by atoms with E-state index in [1.807, 2.05) is 18.2 Å². The molecule has 0 saturated heterocycles. The zero-order valence-corrected chi connectivity index (χ0v) is 12.9. The van der Waals surface area contributed by atoms with Crippen molar-refractivity contribution >= 4 is 17.6 Å². The van der Waals surface area contributed by atoms with Crippen LogP contribution in [-0.2, 0) is 16.1 Å². The molecular weight excluding hydrogens is 296 g/mol. The highest BCUT2D eigenvalue weighted by Gasteiger charge is 2.32. The molecule has 1 aromatic carbocycles. The fourth-order valence-electron chi connectivity index (χ4n) is 2.47. The lowest BCUT2D eigenvalue weighted by Gasteiger charge is -2.33. The van der Waals surface area contributed by atoms with E-state index in [9.17, 15) is 9.59 Å². The average Bonchev–Trinajstić information content (AvgIpc) is 2.59. The first-order valence-electron chi connectivity index (χ1n) is 7.20. The second-order valence-corrected chi connectivity index (χ2v) is 5.18. The summed E-state index contributed by atoms with van der Waals surface area (Å²) >= 11 is 0. The Morgan fingerprint density at radius 3 is 2.87 bits per heavy atom. The Bertz CT molecular complexity index is 746. The van der Waals surface area contributed by atoms with Crippen LogP contribution in [0.3, 0.4) is 0 Å². The van der Waals surface area contributed by atoms with E-state index < -0.39 is 12.1 Å². The van der Waals surface area contributed by atoms with Gasteiger partial charge in [-0.3, -0.25) is 14.7 Å². The van der Waals surface area contributed by atoms with Gasteiger partial charge in [-0.25, -0.2) is 4.79 Å². The number of nitrogens with zero attached hydrogens (tertiary/aromatic N) is 2. The Morgan fingerprint density at radius 2 is 2.17 bits per heavy atom. The van der Waals surface area contributed by atoms with Gasteiger partial charge < -0.3 is 9.47 Å². The van der Waals surface area contributed by atoms with Crippen LogP contribution in [0.1, 0.15) is 23.0 Å². The largest absolute Gasteiger partial charge is 0.479 e. The van der Waals surface area contributed by atoms with Crippen LogP contribution in [0.2, 0.25) is 0 Å². The lowest BCUT2D eigenvalue weighted by atomic mass is 10.1. The molecule has 0 radical (unpaired) electrons. The summed E-state index contributed by atoms with van der Waals surface area (Å²) < 4.78 is 10.3. The number of hydrogen-bond donors (Lipinski definition) is 0. The number of rotatable bonds is 3. The first-order valence-corrected chi connectivity index (χ1v) is 7.20. The summed E-state index contributed by atoms with van der Waals surface area (Å²) in [6, 6.07) is 10.4. The van der Waals surface area contributed by atoms with E-state index in [1.165, 1.54) is 7.11 Å². The van der Waals surface area contributed by atoms with Crippen molar-refractivity contribution in [3.8, 4) is 5.75 Å². The van der Waals surface area contributed by atoms with Gasteiger partial charge in [-0.05, 0) is 37.3 Å². The first kappa shape index (κ1) is 15.0. The number of carbonyl (C=O) groups is 2. The Balaban J connectivity index is 2.01. The maximum absolute atomic E-state index is 12.5. The average molecular weight is 312 g/mol. The molecule has 1 amide bonds. The Labute approximate surface area is 133 Å². The molecule has 1 aromatic heterocycles. The summed E-state index contributed by atoms with van der Waals surface area (Å²) in [6.07, 6.45) is 1.09. The van der Waals surface area contributed by atoms with Gasteiger partial charge >= 0.3 is 5.97 Å². The van der Waals surface area contributed by atoms with Crippen molar-refractivity contribution in [2.75, 3.05) is 12.0 Å². The van der Waals surface area contributed by atoms with Gasteiger partial charge in [0.15, 0.2) is 6.10 Å². The third kappa shape index (κ3) is 2.88. The minimum Gasteiger partial charge on any atom is -0.479 e. The van der Waals surface area contributed by atoms with Crippen LogP contribution in [0.4, 0.5) is 5.69 Å². The highest BCUT2D eigenvalue weighted by molar-refractivity contribution is 6.01. The second kappa shape index (κ2) is 6.08. The smallest absolute Gasteiger partial charge is 0.337 e. The topological polar surface area (TPSA) is 68.7 Å². The van der Waals surface area contributed by atoms with Crippen molar-refractivity contribution in [1.29, 1.82) is 0 Å². The maximum Gasteiger partial charge on any atom is 0.337 e. The highest BCUT2D eigenvalue weighted by atomic mass is 16.5. The second-order valence-electron chi connectivity index (χ2n) is 5.18. The van der Waals surface area contributed by atoms with Crippen LogP contribution < -0.4 is 9.64 Å². The summed E-state index contributed by atoms with van der Waals surface area (Å²) in [6.45, 7) is 2.01. The van der Waals surface area contributed by atoms with Gasteiger partial charge in [-0.2, -0.15) is 0 Å². The number of carbonyl (C=O) groups excluding carboxylic acids is 2. The summed E-state index contributed by atoms with van der Waals surface area (Å²) in [4.78, 5) is 30.1. The molecule has 6 nitrogen and oxygen atoms in total. The van der Waals surface area contributed by atoms with Gasteiger partial charge in [0.2, 0.25) is 0 Å². The number of methoxy groups -OCH3 is 1. The number of esters is 1. The molecule has 6 heteroatoms. The number of benzene rings is 1. The predicted molar refractivity (Wildman–Crippen MR) is 83.3 cm³/mol. The minimum absolute atomic E-state index is 0.176. The lowest BCUT2D eigenvalue weighted by Crippen LogP contribution is -2.44. The van der Waals surface area contributed by atoms with Crippen molar-refractivity contribution in [2.45, 2.75) is 19.6 Å². The number of ether oxygens (including phenoxy) is 2. The number of pyridine rings is 1. The van der Waals surface area contributed by atoms with Gasteiger partial charge in [-0.15, -0.1) is 0 Å². The zero-order chi connectivity index (χ0) is 16.4. The van der Waals surface area contributed by atoms with Crippen molar-refractivity contribution in [1.82, 2.24) is 4.98 Å². The van der Waals surface area contributed by atoms with Crippen LogP contribution in [0.25, 0.3) is 0 Å². The van der Waals surface area contributed by atoms with Gasteiger partial charge in [-0.1, -0.05) is 6.07 Å². The fraction of sp³-hybridized carbons (Fsp3) is 0.235. The number of amides is 1. The van der Waals surface area contributed by atoms with Crippen LogP contribution >= 0.6 is 0 Å². The standard InChI is InChI=1S/C17H16N2O4/c1-11-16(20)19(10-13-5-3-4-8-18-13)14-9-12(17(21)22-2)6-7-15(14)23-11/h3-9,11H,10H2,1-2H3. The molecule has 0 spiro atoms. The molecule has 0 saturated carbocycles. The Morgan fingerprint density at radius 1 is 1.35 bits per heavy atom. The normalized spacial score (nSPS) is 16.5. The monoisotopic (exact) mass is 312 g/mol. The first-order chi connectivity index (χ1) is 11.1. The van der Waals surface area contributed by atoms with Gasteiger partial charge in [0, 0.05) is 6.20 Å². The number of aromatic nitrogens is 1. The van der Waals surface area contributed by atoms with E-state index in [4.69, 9.17) is 9.47 Å². The molecule has 2 aromatic rings. The van der Waals surface area contributed by atoms with Crippen LogP contribution in [0, 0.1) is 0 Å². The molecule has 3 rings (SSSR count). The summed E-state index contributed by atoms with van der Waals surface area (Å²) in [5, 5.41) is 0. The van der Waals surface area contributed by atoms with Crippen LogP contribution in [0.5, 0.6) is 5.75 Å². The van der Waals surface area contributed by atoms with Gasteiger partial charge in [0.1, 0.15) is 5.75 Å². The van der Waals surface area contributed by atoms with Crippen LogP contribution in [0.15, 0.2) is 42.6 Å². The summed E-state index contributed by atoms with van der Waals surface area (Å²) in [5.41, 5.74) is 1.66. The molecule has 0 fully saturated rings. The van der Waals surface area contributed by atoms with Crippen molar-refractivity contribution < 1.29 is 19.1 Å². The van der Waals surface area contributed by atoms with Crippen LogP contribution in [-0.4, -0.2) is 30.1 Å². The Hall–Kier alpha value is -2.89. The molecular formula is C17H16N2O4. The van der Waals surface area contributed by atoms with E-state index >= 15 is 0 Å². The highest BCUT2D eigenvalue weighted by Crippen LogP contribution is 2.35. The molecule has 23 heavy (non-hydrogen) atoms. The third-order valence-electron chi connectivity index (χ3n) is 3.63. The lowest BCUT2D eigenvalue weighted by molar-refractivity contribution is -0.125. The molecule has 0 N–H and O–H groups in total. The quantitative estimate of drug-likeness (QED) is 0.813. The Kier molecular flexibility index (Phi) is 3.97. The molecule has 1 aliphatic heterocycles. The van der Waals surface area contributed by atoms with Gasteiger partial charge in [0.05, 0.1) is 30.6 Å². The molecule has 1 aliphatic rings.